The number of hydrogen-bond donors (Lipinski definition) is 5. The van der Waals surface area contributed by atoms with E-state index in [1.807, 2.05) is 7.05 Å². The van der Waals surface area contributed by atoms with Crippen LogP contribution in [0.4, 0.5) is 4.39 Å². The lowest BCUT2D eigenvalue weighted by Gasteiger charge is -2.50. The molecule has 4 aliphatic carbocycles. The number of carbonyl (C=O) groups excluding carboxylic acids is 3. The third-order valence-electron chi connectivity index (χ3n) is 9.35. The Morgan fingerprint density at radius 1 is 1.12 bits per heavy atom. The zero-order chi connectivity index (χ0) is 29.3. The monoisotopic (exact) mass is 557 g/mol. The average Bonchev–Trinajstić information content (AvgIpc) is 2.89. The molecule has 6 N–H and O–H groups in total. The van der Waals surface area contributed by atoms with E-state index in [1.165, 1.54) is 31.5 Å². The summed E-state index contributed by atoms with van der Waals surface area (Å²) in [7, 11) is 4.98. The van der Waals surface area contributed by atoms with E-state index >= 15 is 4.39 Å². The number of nitrogens with two attached hydrogens (primary N) is 1. The van der Waals surface area contributed by atoms with Crippen LogP contribution in [0.5, 0.6) is 5.75 Å². The minimum atomic E-state index is -2.72. The molecular weight excluding hydrogens is 521 g/mol. The molecule has 1 aromatic carbocycles. The molecular formula is C29H36FN3O7. The highest BCUT2D eigenvalue weighted by Gasteiger charge is 2.64. The second-order valence-electron chi connectivity index (χ2n) is 11.9. The first-order chi connectivity index (χ1) is 18.8. The van der Waals surface area contributed by atoms with Crippen LogP contribution in [0.1, 0.15) is 55.2 Å². The number of nitrogens with zero attached hydrogens (tertiary/aromatic N) is 2. The highest BCUT2D eigenvalue weighted by Crippen LogP contribution is 2.53. The second-order valence-corrected chi connectivity index (χ2v) is 11.9. The summed E-state index contributed by atoms with van der Waals surface area (Å²) >= 11 is 0. The Morgan fingerprint density at radius 2 is 1.77 bits per heavy atom. The van der Waals surface area contributed by atoms with Gasteiger partial charge in [-0.3, -0.25) is 24.2 Å². The Hall–Kier alpha value is -3.28. The van der Waals surface area contributed by atoms with E-state index in [2.05, 4.69) is 4.90 Å². The fourth-order valence-electron chi connectivity index (χ4n) is 7.38. The molecule has 1 amide bonds. The van der Waals surface area contributed by atoms with E-state index in [-0.39, 0.29) is 41.6 Å². The quantitative estimate of drug-likeness (QED) is 0.340. The van der Waals surface area contributed by atoms with E-state index in [4.69, 9.17) is 5.73 Å². The van der Waals surface area contributed by atoms with Gasteiger partial charge in [-0.1, -0.05) is 19.3 Å². The molecule has 0 spiro atoms. The van der Waals surface area contributed by atoms with Gasteiger partial charge < -0.3 is 26.2 Å². The summed E-state index contributed by atoms with van der Waals surface area (Å²) < 4.78 is 16.0. The SMILES string of the molecule is CN(Cc1cc(O)c2c(c1F)C[C@H]1C[C@H]3[C@H](N(C)C)C(=O)C(C(N)=O)=C(O)[C@@]3(O)C(=O)C1=C2O)C1CCCCC1. The molecule has 2 saturated carbocycles. The summed E-state index contributed by atoms with van der Waals surface area (Å²) in [5, 5.41) is 44.7. The fraction of sp³-hybridized carbons (Fsp3) is 0.552. The van der Waals surface area contributed by atoms with Crippen LogP contribution in [0, 0.1) is 17.7 Å². The minimum absolute atomic E-state index is 0.0534. The van der Waals surface area contributed by atoms with Gasteiger partial charge in [0.15, 0.2) is 11.4 Å². The average molecular weight is 558 g/mol. The third kappa shape index (κ3) is 4.05. The standard InChI is InChI=1S/C29H36FN3O7/c1-32(2)23-17-10-13-9-16-20(18(34)11-14(22(16)30)12-33(3)15-7-5-4-6-8-15)24(35)19(13)26(37)29(17,40)27(38)21(25(23)36)28(31)39/h11,13,15,17,23,34-35,38,40H,4-10,12H2,1-3H3,(H2,31,39)/t13-,17-,23-,29-/m0/s1. The maximum absolute atomic E-state index is 16.0. The molecule has 0 aliphatic heterocycles. The van der Waals surface area contributed by atoms with Crippen molar-refractivity contribution in [3.8, 4) is 5.75 Å². The number of rotatable bonds is 5. The van der Waals surface area contributed by atoms with E-state index in [0.717, 1.165) is 25.7 Å². The van der Waals surface area contributed by atoms with Crippen LogP contribution in [0.15, 0.2) is 23.0 Å². The van der Waals surface area contributed by atoms with Crippen molar-refractivity contribution in [1.29, 1.82) is 0 Å². The van der Waals surface area contributed by atoms with Gasteiger partial charge in [-0.2, -0.15) is 0 Å². The number of hydrogen-bond acceptors (Lipinski definition) is 9. The topological polar surface area (TPSA) is 165 Å². The van der Waals surface area contributed by atoms with Gasteiger partial charge >= 0.3 is 0 Å². The maximum atomic E-state index is 16.0. The lowest BCUT2D eigenvalue weighted by molar-refractivity contribution is -0.153. The first-order valence-corrected chi connectivity index (χ1v) is 13.7. The van der Waals surface area contributed by atoms with Crippen molar-refractivity contribution in [1.82, 2.24) is 9.80 Å². The largest absolute Gasteiger partial charge is 0.508 e. The summed E-state index contributed by atoms with van der Waals surface area (Å²) in [4.78, 5) is 42.6. The minimum Gasteiger partial charge on any atom is -0.508 e. The summed E-state index contributed by atoms with van der Waals surface area (Å²) in [5.74, 6) is -8.11. The van der Waals surface area contributed by atoms with Crippen LogP contribution >= 0.6 is 0 Å². The number of phenolic OH excluding ortho intramolecular Hbond substituents is 1. The molecule has 4 atom stereocenters. The molecule has 40 heavy (non-hydrogen) atoms. The molecule has 0 radical (unpaired) electrons. The summed E-state index contributed by atoms with van der Waals surface area (Å²) in [6.45, 7) is 0.256. The van der Waals surface area contributed by atoms with Gasteiger partial charge in [0.2, 0.25) is 5.78 Å². The van der Waals surface area contributed by atoms with Crippen LogP contribution in [-0.4, -0.2) is 86.5 Å². The maximum Gasteiger partial charge on any atom is 0.255 e. The van der Waals surface area contributed by atoms with E-state index in [0.29, 0.717) is 6.04 Å². The zero-order valence-corrected chi connectivity index (χ0v) is 22.9. The number of aliphatic hydroxyl groups is 3. The third-order valence-corrected chi connectivity index (χ3v) is 9.35. The highest BCUT2D eigenvalue weighted by atomic mass is 19.1. The number of amides is 1. The number of ketones is 2. The number of Topliss-reactive ketones (excluding diaryl/α,β-unsaturated/α-hetero) is 2. The van der Waals surface area contributed by atoms with Crippen molar-refractivity contribution in [2.45, 2.75) is 69.2 Å². The highest BCUT2D eigenvalue weighted by molar-refractivity contribution is 6.24. The van der Waals surface area contributed by atoms with E-state index in [9.17, 15) is 34.8 Å². The van der Waals surface area contributed by atoms with Gasteiger partial charge in [0.25, 0.3) is 5.91 Å². The van der Waals surface area contributed by atoms with Gasteiger partial charge in [-0.25, -0.2) is 4.39 Å². The van der Waals surface area contributed by atoms with E-state index in [1.54, 1.807) is 0 Å². The van der Waals surface area contributed by atoms with Crippen LogP contribution in [0.2, 0.25) is 0 Å². The number of phenols is 1. The van der Waals surface area contributed by atoms with Gasteiger partial charge in [0.05, 0.1) is 11.6 Å². The van der Waals surface area contributed by atoms with E-state index < -0.39 is 69.6 Å². The molecule has 4 aliphatic rings. The number of halogens is 1. The Morgan fingerprint density at radius 3 is 2.38 bits per heavy atom. The normalized spacial score (nSPS) is 29.1. The number of likely N-dealkylation sites (N-methyl/N-ethyl adjacent to an activating group) is 1. The van der Waals surface area contributed by atoms with Gasteiger partial charge in [0.1, 0.15) is 28.7 Å². The summed E-state index contributed by atoms with van der Waals surface area (Å²) in [6.07, 6.45) is 5.27. The predicted octanol–water partition coefficient (Wildman–Crippen LogP) is 1.87. The van der Waals surface area contributed by atoms with Crippen LogP contribution < -0.4 is 5.73 Å². The number of benzene rings is 1. The Labute approximate surface area is 231 Å². The number of aliphatic hydroxyl groups excluding tert-OH is 2. The van der Waals surface area contributed by atoms with Gasteiger partial charge in [-0.05, 0) is 58.8 Å². The predicted molar refractivity (Wildman–Crippen MR) is 143 cm³/mol. The Balaban J connectivity index is 1.60. The van der Waals surface area contributed by atoms with Gasteiger partial charge in [-0.15, -0.1) is 0 Å². The number of fused-ring (bicyclic) bond motifs is 3. The Bertz CT molecular complexity index is 1360. The molecule has 216 valence electrons. The molecule has 2 fully saturated rings. The van der Waals surface area contributed by atoms with Crippen LogP contribution in [0.25, 0.3) is 5.76 Å². The Kier molecular flexibility index (Phi) is 7.04. The number of primary amides is 1. The summed E-state index contributed by atoms with van der Waals surface area (Å²) in [5.41, 5.74) is 1.53. The second kappa shape index (κ2) is 9.97. The van der Waals surface area contributed by atoms with Crippen molar-refractivity contribution in [3.05, 3.63) is 45.5 Å². The van der Waals surface area contributed by atoms with Crippen molar-refractivity contribution in [2.24, 2.45) is 17.6 Å². The lowest BCUT2D eigenvalue weighted by atomic mass is 9.57. The first kappa shape index (κ1) is 28.3. The zero-order valence-electron chi connectivity index (χ0n) is 22.9. The molecule has 10 nitrogen and oxygen atoms in total. The van der Waals surface area contributed by atoms with Crippen molar-refractivity contribution in [2.75, 3.05) is 21.1 Å². The molecule has 11 heteroatoms. The summed E-state index contributed by atoms with van der Waals surface area (Å²) in [6, 6.07) is 0.364. The van der Waals surface area contributed by atoms with Crippen molar-refractivity contribution < 1.29 is 39.2 Å². The van der Waals surface area contributed by atoms with Crippen LogP contribution in [-0.2, 0) is 27.3 Å². The fourth-order valence-corrected chi connectivity index (χ4v) is 7.38. The molecule has 0 saturated heterocycles. The lowest BCUT2D eigenvalue weighted by Crippen LogP contribution is -2.65. The van der Waals surface area contributed by atoms with Gasteiger partial charge in [0, 0.05) is 35.2 Å². The first-order valence-electron chi connectivity index (χ1n) is 13.7. The van der Waals surface area contributed by atoms with Crippen LogP contribution in [0.3, 0.4) is 0 Å². The molecule has 0 unspecified atom stereocenters. The van der Waals surface area contributed by atoms with Crippen molar-refractivity contribution >= 4 is 23.2 Å². The molecule has 5 rings (SSSR count). The molecule has 0 bridgehead atoms. The molecule has 0 heterocycles. The molecule has 0 aromatic heterocycles. The van der Waals surface area contributed by atoms with Crippen molar-refractivity contribution in [3.63, 3.8) is 0 Å². The number of aromatic hydroxyl groups is 1. The smallest absolute Gasteiger partial charge is 0.255 e. The molecule has 1 aromatic rings. The number of carbonyl (C=O) groups is 3.